The van der Waals surface area contributed by atoms with Crippen LogP contribution in [0.15, 0.2) is 45.8 Å². The summed E-state index contributed by atoms with van der Waals surface area (Å²) in [5, 5.41) is 4.39. The molecule has 1 aromatic heterocycles. The Morgan fingerprint density at radius 1 is 1.22 bits per heavy atom. The Kier molecular flexibility index (Phi) is 6.71. The number of nitrogens with zero attached hydrogens (tertiary/aromatic N) is 4. The van der Waals surface area contributed by atoms with Crippen molar-refractivity contribution in [1.29, 1.82) is 0 Å². The first-order valence-electron chi connectivity index (χ1n) is 11.6. The summed E-state index contributed by atoms with van der Waals surface area (Å²) in [6.07, 6.45) is -0.462. The highest BCUT2D eigenvalue weighted by atomic mass is 35.5. The number of piperidine rings is 1. The second-order valence-electron chi connectivity index (χ2n) is 9.76. The molecule has 13 heteroatoms. The summed E-state index contributed by atoms with van der Waals surface area (Å²) in [4.78, 5) is 7.27. The first-order valence-corrected chi connectivity index (χ1v) is 13.6. The van der Waals surface area contributed by atoms with Crippen molar-refractivity contribution in [3.63, 3.8) is 0 Å². The van der Waals surface area contributed by atoms with Gasteiger partial charge in [-0.15, -0.1) is 0 Å². The highest BCUT2D eigenvalue weighted by Crippen LogP contribution is 2.38. The number of likely N-dealkylation sites (N-methyl/N-ethyl adjacent to an activating group) is 1. The fraction of sp³-hybridized carbons (Fsp3) is 0.417. The predicted molar refractivity (Wildman–Crippen MR) is 132 cm³/mol. The molecule has 2 N–H and O–H groups in total. The largest absolute Gasteiger partial charge is 0.365 e. The maximum Gasteiger partial charge on any atom is 0.261 e. The van der Waals surface area contributed by atoms with Crippen LogP contribution in [0.4, 0.5) is 18.9 Å². The third kappa shape index (κ3) is 5.47. The van der Waals surface area contributed by atoms with E-state index in [9.17, 15) is 17.2 Å². The number of halogens is 4. The van der Waals surface area contributed by atoms with E-state index in [1.165, 1.54) is 11.0 Å². The summed E-state index contributed by atoms with van der Waals surface area (Å²) < 4.78 is 74.8. The van der Waals surface area contributed by atoms with Gasteiger partial charge in [0.25, 0.3) is 5.92 Å². The molecule has 5 rings (SSSR count). The van der Waals surface area contributed by atoms with Crippen LogP contribution in [0.3, 0.4) is 0 Å². The van der Waals surface area contributed by atoms with Crippen molar-refractivity contribution in [2.45, 2.75) is 35.7 Å². The number of benzene rings is 2. The molecular weight excluding hydrogens is 531 g/mol. The monoisotopic (exact) mass is 555 g/mol. The van der Waals surface area contributed by atoms with Gasteiger partial charge in [0.2, 0.25) is 11.7 Å². The normalized spacial score (nSPS) is 23.5. The van der Waals surface area contributed by atoms with Crippen LogP contribution in [0.1, 0.15) is 23.8 Å². The van der Waals surface area contributed by atoms with Gasteiger partial charge < -0.3 is 15.2 Å². The number of likely N-dealkylation sites (tertiary alicyclic amines) is 1. The maximum absolute atomic E-state index is 15.3. The lowest BCUT2D eigenvalue weighted by Gasteiger charge is -2.33. The molecule has 37 heavy (non-hydrogen) atoms. The molecule has 0 bridgehead atoms. The van der Waals surface area contributed by atoms with E-state index in [0.717, 1.165) is 11.6 Å². The van der Waals surface area contributed by atoms with Crippen LogP contribution >= 0.6 is 11.6 Å². The Morgan fingerprint density at radius 2 is 1.95 bits per heavy atom. The number of rotatable bonds is 4. The highest BCUT2D eigenvalue weighted by Gasteiger charge is 2.42. The van der Waals surface area contributed by atoms with Crippen LogP contribution in [0.2, 0.25) is 5.02 Å². The molecule has 0 aliphatic carbocycles. The average Bonchev–Trinajstić information content (AvgIpc) is 3.25. The average molecular weight is 556 g/mol. The van der Waals surface area contributed by atoms with Crippen molar-refractivity contribution >= 4 is 27.1 Å². The predicted octanol–water partition coefficient (Wildman–Crippen LogP) is 3.70. The number of nitrogens with two attached hydrogens (primary N) is 1. The lowest BCUT2D eigenvalue weighted by atomic mass is 9.95. The smallest absolute Gasteiger partial charge is 0.261 e. The van der Waals surface area contributed by atoms with Crippen LogP contribution in [0.25, 0.3) is 11.4 Å². The standard InChI is InChI=1S/C24H25ClF3N5O3S/c1-32-10-15(8-24(27,28)13-32)23-30-22(31-36-23)18-6-20-21(7-19(18)26)37(34,35)12-17(29)11-33(20)9-14-2-4-16(25)5-3-14/h2-7,15,17H,8-13,29H2,1H3/t15?,17-/m1/s1. The van der Waals surface area contributed by atoms with Gasteiger partial charge in [-0.2, -0.15) is 4.98 Å². The molecular formula is C24H25ClF3N5O3S. The SMILES string of the molecule is CN1CC(c2nc(-c3cc4c(cc3F)S(=O)(=O)C[C@H](N)CN4Cc3ccc(Cl)cc3)no2)CC(F)(F)C1. The minimum Gasteiger partial charge on any atom is -0.365 e. The minimum absolute atomic E-state index is 0.0248. The van der Waals surface area contributed by atoms with E-state index in [1.807, 2.05) is 0 Å². The first-order chi connectivity index (χ1) is 17.4. The molecule has 1 fully saturated rings. The van der Waals surface area contributed by atoms with Crippen LogP contribution < -0.4 is 10.6 Å². The number of sulfone groups is 1. The fourth-order valence-corrected chi connectivity index (χ4v) is 6.74. The molecule has 2 aromatic carbocycles. The molecule has 8 nitrogen and oxygen atoms in total. The van der Waals surface area contributed by atoms with E-state index in [2.05, 4.69) is 10.1 Å². The van der Waals surface area contributed by atoms with Gasteiger partial charge in [-0.25, -0.2) is 21.6 Å². The zero-order valence-electron chi connectivity index (χ0n) is 19.9. The van der Waals surface area contributed by atoms with Crippen LogP contribution in [-0.4, -0.2) is 67.9 Å². The molecule has 1 saturated heterocycles. The molecule has 198 valence electrons. The molecule has 0 spiro atoms. The Morgan fingerprint density at radius 3 is 2.65 bits per heavy atom. The van der Waals surface area contributed by atoms with E-state index in [-0.39, 0.29) is 53.2 Å². The molecule has 0 amide bonds. The molecule has 0 saturated carbocycles. The van der Waals surface area contributed by atoms with Gasteiger partial charge in [0.15, 0.2) is 9.84 Å². The molecule has 3 heterocycles. The Labute approximate surface area is 217 Å². The Bertz CT molecular complexity index is 1420. The summed E-state index contributed by atoms with van der Waals surface area (Å²) in [5.74, 6) is -5.03. The van der Waals surface area contributed by atoms with Gasteiger partial charge in [-0.3, -0.25) is 4.90 Å². The number of hydrogen-bond acceptors (Lipinski definition) is 8. The number of hydrogen-bond donors (Lipinski definition) is 1. The van der Waals surface area contributed by atoms with Crippen LogP contribution in [0, 0.1) is 5.82 Å². The van der Waals surface area contributed by atoms with Crippen molar-refractivity contribution < 1.29 is 26.1 Å². The third-order valence-corrected chi connectivity index (χ3v) is 8.63. The van der Waals surface area contributed by atoms with Gasteiger partial charge in [-0.05, 0) is 36.9 Å². The highest BCUT2D eigenvalue weighted by molar-refractivity contribution is 7.91. The Hall–Kier alpha value is -2.67. The third-order valence-electron chi connectivity index (χ3n) is 6.51. The zero-order valence-corrected chi connectivity index (χ0v) is 21.4. The number of fused-ring (bicyclic) bond motifs is 1. The zero-order chi connectivity index (χ0) is 26.5. The van der Waals surface area contributed by atoms with Gasteiger partial charge in [0, 0.05) is 37.1 Å². The number of aromatic nitrogens is 2. The van der Waals surface area contributed by atoms with E-state index in [4.69, 9.17) is 21.9 Å². The number of anilines is 1. The molecule has 2 aliphatic rings. The quantitative estimate of drug-likeness (QED) is 0.519. The summed E-state index contributed by atoms with van der Waals surface area (Å²) in [6.45, 7) is 0.402. The summed E-state index contributed by atoms with van der Waals surface area (Å²) in [5.41, 5.74) is 7.11. The second-order valence-corrected chi connectivity index (χ2v) is 12.2. The van der Waals surface area contributed by atoms with E-state index < -0.39 is 40.0 Å². The lowest BCUT2D eigenvalue weighted by Crippen LogP contribution is -2.44. The minimum atomic E-state index is -3.89. The molecule has 3 aromatic rings. The van der Waals surface area contributed by atoms with Gasteiger partial charge in [-0.1, -0.05) is 28.9 Å². The van der Waals surface area contributed by atoms with Gasteiger partial charge in [0.1, 0.15) is 5.82 Å². The van der Waals surface area contributed by atoms with Crippen LogP contribution in [-0.2, 0) is 16.4 Å². The molecule has 2 aliphatic heterocycles. The second kappa shape index (κ2) is 9.57. The van der Waals surface area contributed by atoms with Crippen molar-refractivity contribution in [2.24, 2.45) is 5.73 Å². The van der Waals surface area contributed by atoms with E-state index in [0.29, 0.717) is 11.6 Å². The van der Waals surface area contributed by atoms with Crippen molar-refractivity contribution in [2.75, 3.05) is 37.3 Å². The first kappa shape index (κ1) is 26.0. The maximum atomic E-state index is 15.3. The van der Waals surface area contributed by atoms with Crippen LogP contribution in [0.5, 0.6) is 0 Å². The molecule has 0 radical (unpaired) electrons. The fourth-order valence-electron chi connectivity index (χ4n) is 4.98. The van der Waals surface area contributed by atoms with Crippen molar-refractivity contribution in [3.8, 4) is 11.4 Å². The lowest BCUT2D eigenvalue weighted by molar-refractivity contribution is -0.0683. The summed E-state index contributed by atoms with van der Waals surface area (Å²) in [6, 6.07) is 8.63. The topological polar surface area (TPSA) is 106 Å². The van der Waals surface area contributed by atoms with E-state index in [1.54, 1.807) is 36.2 Å². The summed E-state index contributed by atoms with van der Waals surface area (Å²) >= 11 is 5.99. The van der Waals surface area contributed by atoms with Crippen molar-refractivity contribution in [3.05, 3.63) is 58.7 Å². The van der Waals surface area contributed by atoms with Gasteiger partial charge >= 0.3 is 0 Å². The Balaban J connectivity index is 1.54. The summed E-state index contributed by atoms with van der Waals surface area (Å²) in [7, 11) is -2.32. The molecule has 2 atom stereocenters. The van der Waals surface area contributed by atoms with Crippen molar-refractivity contribution in [1.82, 2.24) is 15.0 Å². The number of alkyl halides is 2. The molecule has 1 unspecified atom stereocenters. The van der Waals surface area contributed by atoms with Gasteiger partial charge in [0.05, 0.1) is 34.4 Å². The van der Waals surface area contributed by atoms with E-state index >= 15 is 4.39 Å².